The highest BCUT2D eigenvalue weighted by atomic mass is 19.1. The van der Waals surface area contributed by atoms with E-state index in [1.54, 1.807) is 30.5 Å². The zero-order valence-corrected chi connectivity index (χ0v) is 16.5. The molecule has 0 radical (unpaired) electrons. The Balaban J connectivity index is 1.23. The van der Waals surface area contributed by atoms with E-state index in [1.807, 2.05) is 6.21 Å². The van der Waals surface area contributed by atoms with Crippen LogP contribution in [0.1, 0.15) is 32.1 Å². The number of nitrogens with zero attached hydrogens (tertiary/aromatic N) is 3. The van der Waals surface area contributed by atoms with Gasteiger partial charge < -0.3 is 10.1 Å². The van der Waals surface area contributed by atoms with E-state index in [9.17, 15) is 14.0 Å². The summed E-state index contributed by atoms with van der Waals surface area (Å²) in [5.41, 5.74) is -0.182. The molecule has 5 rings (SSSR count). The number of benzene rings is 1. The molecule has 2 unspecified atom stereocenters. The third-order valence-corrected chi connectivity index (χ3v) is 6.63. The summed E-state index contributed by atoms with van der Waals surface area (Å²) in [7, 11) is 0. The van der Waals surface area contributed by atoms with Gasteiger partial charge >= 0.3 is 5.97 Å². The van der Waals surface area contributed by atoms with Crippen LogP contribution in [0.2, 0.25) is 0 Å². The van der Waals surface area contributed by atoms with Gasteiger partial charge in [0.2, 0.25) is 5.91 Å². The van der Waals surface area contributed by atoms with Crippen LogP contribution in [-0.4, -0.2) is 40.0 Å². The maximum atomic E-state index is 13.9. The fourth-order valence-electron chi connectivity index (χ4n) is 4.99. The minimum absolute atomic E-state index is 0.0271. The zero-order chi connectivity index (χ0) is 20.7. The fourth-order valence-corrected chi connectivity index (χ4v) is 4.99. The standard InChI is InChI=1S/C22H23FN4O3/c23-17-3-1-2-4-18(17)27-12-8-19(26-27)25-20(28)14-5-9-22(10-6-14)16-13-24-11-7-15(16)21(29)30-22/h1-4,8,12-16H,5-7,9-11H2,(H,25,26,28). The second kappa shape index (κ2) is 7.34. The second-order valence-corrected chi connectivity index (χ2v) is 8.32. The van der Waals surface area contributed by atoms with Crippen LogP contribution in [-0.2, 0) is 14.3 Å². The van der Waals surface area contributed by atoms with Crippen molar-refractivity contribution in [1.29, 1.82) is 0 Å². The Morgan fingerprint density at radius 1 is 1.20 bits per heavy atom. The molecule has 2 aliphatic heterocycles. The molecule has 2 aromatic rings. The van der Waals surface area contributed by atoms with Crippen LogP contribution < -0.4 is 5.32 Å². The molecule has 1 spiro atoms. The van der Waals surface area contributed by atoms with Crippen molar-refractivity contribution in [3.05, 3.63) is 42.3 Å². The molecule has 7 nitrogen and oxygen atoms in total. The SMILES string of the molecule is O=C(Nc1ccn(-c2ccccc2F)n1)C1CCC2(CC1)OC(=O)C1CCN=CC12. The van der Waals surface area contributed by atoms with Crippen LogP contribution in [0.5, 0.6) is 0 Å². The number of carbonyl (C=O) groups is 2. The van der Waals surface area contributed by atoms with E-state index in [1.165, 1.54) is 10.7 Å². The molecule has 2 fully saturated rings. The number of nitrogens with one attached hydrogen (secondary N) is 1. The van der Waals surface area contributed by atoms with Gasteiger partial charge in [-0.25, -0.2) is 9.07 Å². The van der Waals surface area contributed by atoms with E-state index in [-0.39, 0.29) is 35.4 Å². The summed E-state index contributed by atoms with van der Waals surface area (Å²) in [6, 6.07) is 7.98. The Kier molecular flexibility index (Phi) is 4.64. The summed E-state index contributed by atoms with van der Waals surface area (Å²) in [6.45, 7) is 0.677. The Labute approximate surface area is 173 Å². The number of halogens is 1. The van der Waals surface area contributed by atoms with Crippen molar-refractivity contribution in [2.75, 3.05) is 11.9 Å². The number of aromatic nitrogens is 2. The molecule has 1 amide bonds. The third-order valence-electron chi connectivity index (χ3n) is 6.63. The molecule has 30 heavy (non-hydrogen) atoms. The van der Waals surface area contributed by atoms with Crippen molar-refractivity contribution in [2.45, 2.75) is 37.7 Å². The van der Waals surface area contributed by atoms with Gasteiger partial charge in [-0.1, -0.05) is 12.1 Å². The quantitative estimate of drug-likeness (QED) is 0.788. The molecule has 3 aliphatic rings. The van der Waals surface area contributed by atoms with Crippen molar-refractivity contribution in [1.82, 2.24) is 9.78 Å². The molecule has 2 atom stereocenters. The van der Waals surface area contributed by atoms with Gasteiger partial charge in [0, 0.05) is 36.9 Å². The highest BCUT2D eigenvalue weighted by Gasteiger charge is 2.56. The number of anilines is 1. The molecule has 1 N–H and O–H groups in total. The Hall–Kier alpha value is -3.03. The summed E-state index contributed by atoms with van der Waals surface area (Å²) in [5, 5.41) is 7.11. The normalized spacial score (nSPS) is 30.2. The highest BCUT2D eigenvalue weighted by Crippen LogP contribution is 2.49. The van der Waals surface area contributed by atoms with E-state index in [0.29, 0.717) is 43.7 Å². The average molecular weight is 410 g/mol. The molecule has 1 saturated heterocycles. The zero-order valence-electron chi connectivity index (χ0n) is 16.5. The maximum absolute atomic E-state index is 13.9. The summed E-state index contributed by atoms with van der Waals surface area (Å²) < 4.78 is 21.2. The molecule has 0 bridgehead atoms. The number of hydrogen-bond donors (Lipinski definition) is 1. The highest BCUT2D eigenvalue weighted by molar-refractivity contribution is 5.92. The monoisotopic (exact) mass is 410 g/mol. The first kappa shape index (κ1) is 19.0. The molecule has 1 aromatic carbocycles. The minimum Gasteiger partial charge on any atom is -0.458 e. The predicted octanol–water partition coefficient (Wildman–Crippen LogP) is 3.14. The molecular weight excluding hydrogens is 387 g/mol. The number of fused-ring (bicyclic) bond motifs is 2. The predicted molar refractivity (Wildman–Crippen MR) is 108 cm³/mol. The lowest BCUT2D eigenvalue weighted by atomic mass is 9.69. The van der Waals surface area contributed by atoms with Gasteiger partial charge in [-0.05, 0) is 44.2 Å². The number of hydrogen-bond acceptors (Lipinski definition) is 5. The van der Waals surface area contributed by atoms with Gasteiger partial charge in [-0.15, -0.1) is 5.10 Å². The largest absolute Gasteiger partial charge is 0.458 e. The smallest absolute Gasteiger partial charge is 0.310 e. The van der Waals surface area contributed by atoms with Gasteiger partial charge in [-0.3, -0.25) is 14.6 Å². The first-order valence-corrected chi connectivity index (χ1v) is 10.4. The lowest BCUT2D eigenvalue weighted by molar-refractivity contribution is -0.154. The second-order valence-electron chi connectivity index (χ2n) is 8.32. The fraction of sp³-hybridized carbons (Fsp3) is 0.455. The van der Waals surface area contributed by atoms with Crippen LogP contribution in [0, 0.1) is 23.6 Å². The minimum atomic E-state index is -0.505. The van der Waals surface area contributed by atoms with E-state index < -0.39 is 5.60 Å². The molecular formula is C22H23FN4O3. The van der Waals surface area contributed by atoms with Crippen molar-refractivity contribution >= 4 is 23.9 Å². The maximum Gasteiger partial charge on any atom is 0.310 e. The number of carbonyl (C=O) groups excluding carboxylic acids is 2. The lowest BCUT2D eigenvalue weighted by Gasteiger charge is -2.39. The van der Waals surface area contributed by atoms with Crippen LogP contribution in [0.4, 0.5) is 10.2 Å². The number of rotatable bonds is 3. The van der Waals surface area contributed by atoms with Crippen LogP contribution in [0.3, 0.4) is 0 Å². The summed E-state index contributed by atoms with van der Waals surface area (Å²) in [4.78, 5) is 29.4. The molecule has 1 aliphatic carbocycles. The van der Waals surface area contributed by atoms with E-state index in [4.69, 9.17) is 4.74 Å². The third kappa shape index (κ3) is 3.20. The number of para-hydroxylation sites is 1. The molecule has 3 heterocycles. The number of ether oxygens (including phenoxy) is 1. The number of amides is 1. The van der Waals surface area contributed by atoms with E-state index >= 15 is 0 Å². The van der Waals surface area contributed by atoms with Crippen LogP contribution in [0.25, 0.3) is 5.69 Å². The van der Waals surface area contributed by atoms with Gasteiger partial charge in [0.05, 0.1) is 5.92 Å². The van der Waals surface area contributed by atoms with Gasteiger partial charge in [0.1, 0.15) is 17.1 Å². The lowest BCUT2D eigenvalue weighted by Crippen LogP contribution is -2.44. The van der Waals surface area contributed by atoms with Gasteiger partial charge in [0.25, 0.3) is 0 Å². The first-order valence-electron chi connectivity index (χ1n) is 10.4. The van der Waals surface area contributed by atoms with Gasteiger partial charge in [0.15, 0.2) is 5.82 Å². The number of aliphatic imine (C=N–C) groups is 1. The molecule has 156 valence electrons. The number of esters is 1. The average Bonchev–Trinajstić information content (AvgIpc) is 3.32. The molecule has 1 saturated carbocycles. The first-order chi connectivity index (χ1) is 14.6. The summed E-state index contributed by atoms with van der Waals surface area (Å²) >= 11 is 0. The van der Waals surface area contributed by atoms with E-state index in [0.717, 1.165) is 6.42 Å². The molecule has 8 heteroatoms. The van der Waals surface area contributed by atoms with Crippen molar-refractivity contribution < 1.29 is 18.7 Å². The van der Waals surface area contributed by atoms with Crippen molar-refractivity contribution in [3.63, 3.8) is 0 Å². The van der Waals surface area contributed by atoms with Gasteiger partial charge in [-0.2, -0.15) is 0 Å². The Morgan fingerprint density at radius 2 is 2.00 bits per heavy atom. The van der Waals surface area contributed by atoms with Crippen LogP contribution >= 0.6 is 0 Å². The van der Waals surface area contributed by atoms with Crippen molar-refractivity contribution in [2.24, 2.45) is 22.7 Å². The topological polar surface area (TPSA) is 85.6 Å². The summed E-state index contributed by atoms with van der Waals surface area (Å²) in [6.07, 6.45) is 6.87. The van der Waals surface area contributed by atoms with Crippen LogP contribution in [0.15, 0.2) is 41.5 Å². The molecule has 1 aromatic heterocycles. The Bertz CT molecular complexity index is 1010. The van der Waals surface area contributed by atoms with E-state index in [2.05, 4.69) is 15.4 Å². The summed E-state index contributed by atoms with van der Waals surface area (Å²) in [5.74, 6) is -0.460. The van der Waals surface area contributed by atoms with Crippen molar-refractivity contribution in [3.8, 4) is 5.69 Å². The Morgan fingerprint density at radius 3 is 2.80 bits per heavy atom.